The molecule has 0 saturated carbocycles. The highest BCUT2D eigenvalue weighted by Gasteiger charge is 2.22. The van der Waals surface area contributed by atoms with Gasteiger partial charge in [-0.3, -0.25) is 0 Å². The van der Waals surface area contributed by atoms with Crippen molar-refractivity contribution >= 4 is 0 Å². The predicted octanol–water partition coefficient (Wildman–Crippen LogP) is 3.15. The second-order valence-electron chi connectivity index (χ2n) is 4.30. The number of aromatic nitrogens is 2. The van der Waals surface area contributed by atoms with E-state index >= 15 is 0 Å². The van der Waals surface area contributed by atoms with Gasteiger partial charge >= 0.3 is 0 Å². The van der Waals surface area contributed by atoms with Crippen LogP contribution in [0, 0.1) is 0 Å². The van der Waals surface area contributed by atoms with Crippen molar-refractivity contribution in [3.63, 3.8) is 0 Å². The summed E-state index contributed by atoms with van der Waals surface area (Å²) in [4.78, 5) is 0. The van der Waals surface area contributed by atoms with Crippen LogP contribution in [0.15, 0.2) is 30.3 Å². The molecule has 2 rings (SSSR count). The van der Waals surface area contributed by atoms with Gasteiger partial charge in [-0.2, -0.15) is 0 Å². The van der Waals surface area contributed by atoms with Crippen molar-refractivity contribution in [2.24, 2.45) is 0 Å². The Bertz CT molecular complexity index is 518. The van der Waals surface area contributed by atoms with Crippen LogP contribution in [0.5, 0.6) is 11.8 Å². The monoisotopic (exact) mass is 246 g/mol. The van der Waals surface area contributed by atoms with Crippen molar-refractivity contribution in [1.82, 2.24) is 9.78 Å². The van der Waals surface area contributed by atoms with E-state index < -0.39 is 0 Å². The Morgan fingerprint density at radius 2 is 1.72 bits per heavy atom. The number of benzene rings is 1. The first kappa shape index (κ1) is 12.5. The fourth-order valence-corrected chi connectivity index (χ4v) is 1.94. The fraction of sp³-hybridized carbons (Fsp3) is 0.357. The third kappa shape index (κ3) is 2.06. The molecule has 0 aliphatic carbocycles. The first-order chi connectivity index (χ1) is 8.69. The van der Waals surface area contributed by atoms with E-state index in [4.69, 9.17) is 9.47 Å². The molecule has 0 spiro atoms. The van der Waals surface area contributed by atoms with Gasteiger partial charge in [0.2, 0.25) is 11.8 Å². The molecule has 0 aliphatic heterocycles. The van der Waals surface area contributed by atoms with E-state index in [1.165, 1.54) is 0 Å². The Hall–Kier alpha value is -1.97. The van der Waals surface area contributed by atoms with Crippen molar-refractivity contribution in [2.75, 3.05) is 14.2 Å². The zero-order chi connectivity index (χ0) is 13.1. The number of methoxy groups -OCH3 is 2. The molecule has 96 valence electrons. The van der Waals surface area contributed by atoms with Crippen LogP contribution in [-0.4, -0.2) is 24.0 Å². The lowest BCUT2D eigenvalue weighted by Crippen LogP contribution is -2.05. The fourth-order valence-electron chi connectivity index (χ4n) is 1.94. The highest BCUT2D eigenvalue weighted by Crippen LogP contribution is 2.39. The smallest absolute Gasteiger partial charge is 0.244 e. The topological polar surface area (TPSA) is 36.3 Å². The summed E-state index contributed by atoms with van der Waals surface area (Å²) in [6, 6.07) is 10.2. The lowest BCUT2D eigenvalue weighted by Gasteiger charge is -2.10. The molecular formula is C14H18N2O2. The molecule has 0 unspecified atom stereocenters. The summed E-state index contributed by atoms with van der Waals surface area (Å²) in [6.45, 7) is 4.12. The van der Waals surface area contributed by atoms with Gasteiger partial charge in [0.15, 0.2) is 0 Å². The zero-order valence-electron chi connectivity index (χ0n) is 11.2. The molecule has 2 aromatic rings. The third-order valence-corrected chi connectivity index (χ3v) is 2.77. The van der Waals surface area contributed by atoms with E-state index in [0.29, 0.717) is 5.88 Å². The minimum Gasteiger partial charge on any atom is -0.481 e. The molecule has 0 radical (unpaired) electrons. The summed E-state index contributed by atoms with van der Waals surface area (Å²) in [5.41, 5.74) is 1.94. The van der Waals surface area contributed by atoms with Crippen LogP contribution in [-0.2, 0) is 0 Å². The maximum Gasteiger partial charge on any atom is 0.244 e. The summed E-state index contributed by atoms with van der Waals surface area (Å²) < 4.78 is 12.7. The van der Waals surface area contributed by atoms with Crippen molar-refractivity contribution in [1.29, 1.82) is 0 Å². The van der Waals surface area contributed by atoms with Gasteiger partial charge in [-0.15, -0.1) is 5.10 Å². The van der Waals surface area contributed by atoms with Crippen LogP contribution < -0.4 is 9.47 Å². The van der Waals surface area contributed by atoms with Crippen LogP contribution >= 0.6 is 0 Å². The van der Waals surface area contributed by atoms with Gasteiger partial charge in [0.05, 0.1) is 20.3 Å². The van der Waals surface area contributed by atoms with Crippen molar-refractivity contribution in [2.45, 2.75) is 19.9 Å². The Morgan fingerprint density at radius 1 is 1.06 bits per heavy atom. The number of hydrogen-bond acceptors (Lipinski definition) is 3. The summed E-state index contributed by atoms with van der Waals surface area (Å²) >= 11 is 0. The summed E-state index contributed by atoms with van der Waals surface area (Å²) in [6.07, 6.45) is 0. The highest BCUT2D eigenvalue weighted by molar-refractivity contribution is 5.74. The van der Waals surface area contributed by atoms with Crippen LogP contribution in [0.25, 0.3) is 11.1 Å². The average Bonchev–Trinajstić information content (AvgIpc) is 2.78. The Morgan fingerprint density at radius 3 is 2.22 bits per heavy atom. The van der Waals surface area contributed by atoms with Crippen LogP contribution in [0.3, 0.4) is 0 Å². The average molecular weight is 246 g/mol. The van der Waals surface area contributed by atoms with E-state index in [9.17, 15) is 0 Å². The molecule has 1 heterocycles. The number of ether oxygens (including phenoxy) is 2. The number of hydrogen-bond donors (Lipinski definition) is 0. The minimum atomic E-state index is 0.214. The van der Waals surface area contributed by atoms with Gasteiger partial charge in [-0.25, -0.2) is 4.68 Å². The lowest BCUT2D eigenvalue weighted by molar-refractivity contribution is 0.340. The van der Waals surface area contributed by atoms with Crippen LogP contribution in [0.2, 0.25) is 0 Å². The molecule has 4 heteroatoms. The minimum absolute atomic E-state index is 0.214. The molecule has 0 aliphatic rings. The number of rotatable bonds is 4. The second-order valence-corrected chi connectivity index (χ2v) is 4.30. The predicted molar refractivity (Wildman–Crippen MR) is 71.2 cm³/mol. The first-order valence-electron chi connectivity index (χ1n) is 5.95. The van der Waals surface area contributed by atoms with E-state index in [2.05, 4.69) is 18.9 Å². The number of nitrogens with zero attached hydrogens (tertiary/aromatic N) is 2. The van der Waals surface area contributed by atoms with Crippen LogP contribution in [0.4, 0.5) is 0 Å². The maximum absolute atomic E-state index is 5.50. The molecule has 1 aromatic heterocycles. The van der Waals surface area contributed by atoms with Gasteiger partial charge in [-0.05, 0) is 19.4 Å². The van der Waals surface area contributed by atoms with E-state index in [-0.39, 0.29) is 6.04 Å². The molecule has 0 N–H and O–H groups in total. The molecular weight excluding hydrogens is 228 g/mol. The Balaban J connectivity index is 2.64. The SMILES string of the molecule is COc1nn(C(C)C)c(OC)c1-c1ccccc1. The van der Waals surface area contributed by atoms with E-state index in [1.807, 2.05) is 35.0 Å². The molecule has 4 nitrogen and oxygen atoms in total. The van der Waals surface area contributed by atoms with Crippen molar-refractivity contribution < 1.29 is 9.47 Å². The van der Waals surface area contributed by atoms with Gasteiger partial charge in [0, 0.05) is 0 Å². The lowest BCUT2D eigenvalue weighted by atomic mass is 10.1. The van der Waals surface area contributed by atoms with Gasteiger partial charge in [0.1, 0.15) is 5.56 Å². The van der Waals surface area contributed by atoms with Gasteiger partial charge in [-0.1, -0.05) is 30.3 Å². The molecule has 0 fully saturated rings. The molecule has 18 heavy (non-hydrogen) atoms. The van der Waals surface area contributed by atoms with E-state index in [0.717, 1.165) is 17.0 Å². The van der Waals surface area contributed by atoms with E-state index in [1.54, 1.807) is 14.2 Å². The zero-order valence-corrected chi connectivity index (χ0v) is 11.2. The van der Waals surface area contributed by atoms with Gasteiger partial charge in [0.25, 0.3) is 0 Å². The van der Waals surface area contributed by atoms with Crippen LogP contribution in [0.1, 0.15) is 19.9 Å². The maximum atomic E-state index is 5.50. The molecule has 1 aromatic carbocycles. The standard InChI is InChI=1S/C14H18N2O2/c1-10(2)16-14(18-4)12(13(15-16)17-3)11-8-6-5-7-9-11/h5-10H,1-4H3. The van der Waals surface area contributed by atoms with Gasteiger partial charge < -0.3 is 9.47 Å². The first-order valence-corrected chi connectivity index (χ1v) is 5.95. The summed E-state index contributed by atoms with van der Waals surface area (Å²) in [7, 11) is 3.28. The van der Waals surface area contributed by atoms with Crippen molar-refractivity contribution in [3.8, 4) is 22.9 Å². The Kier molecular flexibility index (Phi) is 3.55. The summed E-state index contributed by atoms with van der Waals surface area (Å²) in [5.74, 6) is 1.32. The van der Waals surface area contributed by atoms with Crippen molar-refractivity contribution in [3.05, 3.63) is 30.3 Å². The largest absolute Gasteiger partial charge is 0.481 e. The quantitative estimate of drug-likeness (QED) is 0.831. The molecule has 0 saturated heterocycles. The Labute approximate surface area is 107 Å². The molecule has 0 atom stereocenters. The molecule has 0 amide bonds. The molecule has 0 bridgehead atoms. The second kappa shape index (κ2) is 5.12. The highest BCUT2D eigenvalue weighted by atomic mass is 16.5. The third-order valence-electron chi connectivity index (χ3n) is 2.77. The normalized spacial score (nSPS) is 10.7. The summed E-state index contributed by atoms with van der Waals surface area (Å²) in [5, 5.41) is 4.44.